The number of hydrogen-bond donors (Lipinski definition) is 2. The van der Waals surface area contributed by atoms with Gasteiger partial charge in [0.1, 0.15) is 4.90 Å². The Morgan fingerprint density at radius 3 is 2.44 bits per heavy atom. The van der Waals surface area contributed by atoms with Gasteiger partial charge in [-0.15, -0.1) is 0 Å². The molecule has 0 aromatic carbocycles. The molecule has 1 atom stereocenters. The first kappa shape index (κ1) is 13.1. The van der Waals surface area contributed by atoms with E-state index in [-0.39, 0.29) is 11.4 Å². The van der Waals surface area contributed by atoms with Crippen LogP contribution in [-0.4, -0.2) is 36.0 Å². The van der Waals surface area contributed by atoms with Gasteiger partial charge in [-0.05, 0) is 20.8 Å². The Morgan fingerprint density at radius 2 is 2.06 bits per heavy atom. The van der Waals surface area contributed by atoms with Crippen LogP contribution in [0.5, 0.6) is 0 Å². The fourth-order valence-electron chi connectivity index (χ4n) is 1.45. The number of aliphatic hydroxyl groups is 1. The average Bonchev–Trinajstić information content (AvgIpc) is 2.38. The predicted octanol–water partition coefficient (Wildman–Crippen LogP) is -0.304. The first-order valence-electron chi connectivity index (χ1n) is 4.93. The summed E-state index contributed by atoms with van der Waals surface area (Å²) in [7, 11) is -1.90. The highest BCUT2D eigenvalue weighted by Crippen LogP contribution is 2.17. The SMILES string of the molecule is Cc1nn(C)c(C)c1S(=O)(=O)NCC(C)O. The van der Waals surface area contributed by atoms with Crippen molar-refractivity contribution >= 4 is 10.0 Å². The molecule has 0 saturated carbocycles. The summed E-state index contributed by atoms with van der Waals surface area (Å²) in [5.74, 6) is 0. The fraction of sp³-hybridized carbons (Fsp3) is 0.667. The van der Waals surface area contributed by atoms with Gasteiger partial charge in [0.2, 0.25) is 10.0 Å². The van der Waals surface area contributed by atoms with Crippen molar-refractivity contribution in [1.82, 2.24) is 14.5 Å². The standard InChI is InChI=1S/C9H17N3O3S/c1-6(13)5-10-16(14,15)9-7(2)11-12(4)8(9)3/h6,10,13H,5H2,1-4H3. The van der Waals surface area contributed by atoms with Gasteiger partial charge in [0.25, 0.3) is 0 Å². The summed E-state index contributed by atoms with van der Waals surface area (Å²) >= 11 is 0. The van der Waals surface area contributed by atoms with Gasteiger partial charge < -0.3 is 5.11 Å². The normalized spacial score (nSPS) is 14.1. The van der Waals surface area contributed by atoms with E-state index >= 15 is 0 Å². The number of hydrogen-bond acceptors (Lipinski definition) is 4. The second-order valence-corrected chi connectivity index (χ2v) is 5.53. The molecule has 0 saturated heterocycles. The van der Waals surface area contributed by atoms with Gasteiger partial charge in [-0.2, -0.15) is 5.10 Å². The van der Waals surface area contributed by atoms with Crippen molar-refractivity contribution in [3.63, 3.8) is 0 Å². The zero-order valence-corrected chi connectivity index (χ0v) is 10.7. The monoisotopic (exact) mass is 247 g/mol. The van der Waals surface area contributed by atoms with Crippen LogP contribution in [0.15, 0.2) is 4.90 Å². The first-order valence-corrected chi connectivity index (χ1v) is 6.42. The number of aryl methyl sites for hydroxylation is 2. The van der Waals surface area contributed by atoms with Crippen LogP contribution in [0.3, 0.4) is 0 Å². The Bertz CT molecular complexity index is 476. The van der Waals surface area contributed by atoms with E-state index in [1.807, 2.05) is 0 Å². The zero-order valence-electron chi connectivity index (χ0n) is 9.85. The van der Waals surface area contributed by atoms with Crippen LogP contribution in [0, 0.1) is 13.8 Å². The van der Waals surface area contributed by atoms with E-state index in [0.29, 0.717) is 11.4 Å². The Labute approximate surface area is 95.3 Å². The molecule has 1 aromatic rings. The van der Waals surface area contributed by atoms with E-state index in [1.165, 1.54) is 11.6 Å². The van der Waals surface area contributed by atoms with E-state index in [4.69, 9.17) is 5.11 Å². The van der Waals surface area contributed by atoms with Gasteiger partial charge >= 0.3 is 0 Å². The summed E-state index contributed by atoms with van der Waals surface area (Å²) < 4.78 is 27.7. The zero-order chi connectivity index (χ0) is 12.5. The third-order valence-electron chi connectivity index (χ3n) is 2.28. The van der Waals surface area contributed by atoms with Crippen LogP contribution >= 0.6 is 0 Å². The highest BCUT2D eigenvalue weighted by Gasteiger charge is 2.23. The molecule has 0 aliphatic carbocycles. The molecule has 0 fully saturated rings. The lowest BCUT2D eigenvalue weighted by molar-refractivity contribution is 0.198. The van der Waals surface area contributed by atoms with Gasteiger partial charge in [-0.25, -0.2) is 13.1 Å². The van der Waals surface area contributed by atoms with Crippen LogP contribution in [0.1, 0.15) is 18.3 Å². The maximum atomic E-state index is 11.9. The van der Waals surface area contributed by atoms with Crippen molar-refractivity contribution in [2.45, 2.75) is 31.8 Å². The van der Waals surface area contributed by atoms with Gasteiger partial charge in [-0.3, -0.25) is 4.68 Å². The van der Waals surface area contributed by atoms with Crippen molar-refractivity contribution in [2.24, 2.45) is 7.05 Å². The Balaban J connectivity index is 3.08. The smallest absolute Gasteiger partial charge is 0.244 e. The van der Waals surface area contributed by atoms with Crippen molar-refractivity contribution in [1.29, 1.82) is 0 Å². The van der Waals surface area contributed by atoms with Gasteiger partial charge in [-0.1, -0.05) is 0 Å². The largest absolute Gasteiger partial charge is 0.392 e. The minimum atomic E-state index is -3.59. The van der Waals surface area contributed by atoms with Crippen LogP contribution in [0.2, 0.25) is 0 Å². The maximum absolute atomic E-state index is 11.9. The molecular formula is C9H17N3O3S. The van der Waals surface area contributed by atoms with Crippen LogP contribution < -0.4 is 4.72 Å². The molecule has 0 spiro atoms. The third-order valence-corrected chi connectivity index (χ3v) is 3.96. The summed E-state index contributed by atoms with van der Waals surface area (Å²) in [6, 6.07) is 0. The van der Waals surface area contributed by atoms with Crippen LogP contribution in [0.25, 0.3) is 0 Å². The predicted molar refractivity (Wildman–Crippen MR) is 59.6 cm³/mol. The summed E-state index contributed by atoms with van der Waals surface area (Å²) in [4.78, 5) is 0.190. The second-order valence-electron chi connectivity index (χ2n) is 3.82. The third kappa shape index (κ3) is 2.60. The molecule has 0 aliphatic heterocycles. The topological polar surface area (TPSA) is 84.2 Å². The maximum Gasteiger partial charge on any atom is 0.244 e. The number of nitrogens with one attached hydrogen (secondary N) is 1. The molecule has 1 unspecified atom stereocenters. The molecule has 1 heterocycles. The molecule has 92 valence electrons. The molecular weight excluding hydrogens is 230 g/mol. The van der Waals surface area contributed by atoms with Crippen molar-refractivity contribution in [3.05, 3.63) is 11.4 Å². The van der Waals surface area contributed by atoms with E-state index in [0.717, 1.165) is 0 Å². The van der Waals surface area contributed by atoms with E-state index in [9.17, 15) is 8.42 Å². The molecule has 0 amide bonds. The van der Waals surface area contributed by atoms with Crippen molar-refractivity contribution < 1.29 is 13.5 Å². The summed E-state index contributed by atoms with van der Waals surface area (Å²) in [6.45, 7) is 4.85. The Hall–Kier alpha value is -0.920. The lowest BCUT2D eigenvalue weighted by Crippen LogP contribution is -2.31. The number of aliphatic hydroxyl groups excluding tert-OH is 1. The van der Waals surface area contributed by atoms with Crippen LogP contribution in [0.4, 0.5) is 0 Å². The highest BCUT2D eigenvalue weighted by molar-refractivity contribution is 7.89. The molecule has 0 bridgehead atoms. The van der Waals surface area contributed by atoms with E-state index < -0.39 is 16.1 Å². The van der Waals surface area contributed by atoms with Crippen LogP contribution in [-0.2, 0) is 17.1 Å². The average molecular weight is 247 g/mol. The number of sulfonamides is 1. The van der Waals surface area contributed by atoms with Gasteiger partial charge in [0.05, 0.1) is 17.5 Å². The summed E-state index contributed by atoms with van der Waals surface area (Å²) in [5.41, 5.74) is 1.04. The number of aromatic nitrogens is 2. The van der Waals surface area contributed by atoms with Crippen molar-refractivity contribution in [3.8, 4) is 0 Å². The summed E-state index contributed by atoms with van der Waals surface area (Å²) in [6.07, 6.45) is -0.716. The van der Waals surface area contributed by atoms with Gasteiger partial charge in [0.15, 0.2) is 0 Å². The number of rotatable bonds is 4. The Kier molecular flexibility index (Phi) is 3.72. The lowest BCUT2D eigenvalue weighted by atomic mass is 10.4. The Morgan fingerprint density at radius 1 is 1.50 bits per heavy atom. The molecule has 16 heavy (non-hydrogen) atoms. The minimum Gasteiger partial charge on any atom is -0.392 e. The number of nitrogens with zero attached hydrogens (tertiary/aromatic N) is 2. The fourth-order valence-corrected chi connectivity index (χ4v) is 3.00. The van der Waals surface area contributed by atoms with Gasteiger partial charge in [0, 0.05) is 13.6 Å². The lowest BCUT2D eigenvalue weighted by Gasteiger charge is -2.08. The highest BCUT2D eigenvalue weighted by atomic mass is 32.2. The second kappa shape index (κ2) is 4.52. The quantitative estimate of drug-likeness (QED) is 0.765. The first-order chi connectivity index (χ1) is 7.25. The minimum absolute atomic E-state index is 0.00386. The summed E-state index contributed by atoms with van der Waals surface area (Å²) in [5, 5.41) is 13.1. The molecule has 1 rings (SSSR count). The molecule has 0 radical (unpaired) electrons. The van der Waals surface area contributed by atoms with Crippen molar-refractivity contribution in [2.75, 3.05) is 6.54 Å². The molecule has 6 nitrogen and oxygen atoms in total. The molecule has 7 heteroatoms. The molecule has 2 N–H and O–H groups in total. The molecule has 1 aromatic heterocycles. The van der Waals surface area contributed by atoms with E-state index in [2.05, 4.69) is 9.82 Å². The molecule has 0 aliphatic rings. The van der Waals surface area contributed by atoms with E-state index in [1.54, 1.807) is 20.9 Å².